The zero-order valence-corrected chi connectivity index (χ0v) is 14.0. The molecule has 1 fully saturated rings. The van der Waals surface area contributed by atoms with Gasteiger partial charge in [0.15, 0.2) is 0 Å². The van der Waals surface area contributed by atoms with Gasteiger partial charge in [0, 0.05) is 25.6 Å². The van der Waals surface area contributed by atoms with Crippen LogP contribution in [0.5, 0.6) is 0 Å². The van der Waals surface area contributed by atoms with Crippen molar-refractivity contribution in [2.24, 2.45) is 11.7 Å². The minimum absolute atomic E-state index is 0.123. The fraction of sp³-hybridized carbons (Fsp3) is 0.611. The van der Waals surface area contributed by atoms with E-state index in [0.29, 0.717) is 30.7 Å². The highest BCUT2D eigenvalue weighted by molar-refractivity contribution is 5.76. The van der Waals surface area contributed by atoms with Gasteiger partial charge < -0.3 is 10.6 Å². The molecule has 1 heterocycles. The molecule has 1 saturated heterocycles. The summed E-state index contributed by atoms with van der Waals surface area (Å²) in [5.41, 5.74) is 5.77. The standard InChI is InChI=1S/C18H25F3N2O/c1-13-8-10-23(11-9-13)17(24)7-3-6-16(22)14-4-2-5-15(12-14)18(19,20)21/h2,4-5,12-13,16H,3,6-11,22H2,1H3/t16-/m0/s1. The second-order valence-corrected chi connectivity index (χ2v) is 6.69. The molecule has 0 bridgehead atoms. The lowest BCUT2D eigenvalue weighted by Gasteiger charge is -2.30. The minimum Gasteiger partial charge on any atom is -0.343 e. The van der Waals surface area contributed by atoms with Gasteiger partial charge in [-0.15, -0.1) is 0 Å². The molecule has 24 heavy (non-hydrogen) atoms. The number of benzene rings is 1. The largest absolute Gasteiger partial charge is 0.416 e. The van der Waals surface area contributed by atoms with E-state index >= 15 is 0 Å². The highest BCUT2D eigenvalue weighted by atomic mass is 19.4. The van der Waals surface area contributed by atoms with Crippen LogP contribution in [-0.4, -0.2) is 23.9 Å². The first-order valence-electron chi connectivity index (χ1n) is 8.48. The van der Waals surface area contributed by atoms with Gasteiger partial charge in [-0.25, -0.2) is 0 Å². The molecule has 0 spiro atoms. The van der Waals surface area contributed by atoms with Crippen LogP contribution in [0.25, 0.3) is 0 Å². The van der Waals surface area contributed by atoms with Crippen molar-refractivity contribution in [2.75, 3.05) is 13.1 Å². The molecule has 0 unspecified atom stereocenters. The van der Waals surface area contributed by atoms with Crippen LogP contribution in [0.15, 0.2) is 24.3 Å². The second-order valence-electron chi connectivity index (χ2n) is 6.69. The minimum atomic E-state index is -4.36. The van der Waals surface area contributed by atoms with Gasteiger partial charge >= 0.3 is 6.18 Å². The number of hydrogen-bond acceptors (Lipinski definition) is 2. The molecule has 3 nitrogen and oxygen atoms in total. The van der Waals surface area contributed by atoms with E-state index in [1.54, 1.807) is 6.07 Å². The number of nitrogens with zero attached hydrogens (tertiary/aromatic N) is 1. The molecule has 2 rings (SSSR count). The van der Waals surface area contributed by atoms with Crippen LogP contribution in [0.2, 0.25) is 0 Å². The summed E-state index contributed by atoms with van der Waals surface area (Å²) in [4.78, 5) is 14.0. The van der Waals surface area contributed by atoms with E-state index in [9.17, 15) is 18.0 Å². The zero-order valence-electron chi connectivity index (χ0n) is 14.0. The molecule has 1 aromatic carbocycles. The van der Waals surface area contributed by atoms with E-state index in [-0.39, 0.29) is 5.91 Å². The van der Waals surface area contributed by atoms with Crippen molar-refractivity contribution in [2.45, 2.75) is 51.2 Å². The van der Waals surface area contributed by atoms with Gasteiger partial charge in [0.2, 0.25) is 5.91 Å². The van der Waals surface area contributed by atoms with E-state index in [1.807, 2.05) is 4.90 Å². The first kappa shape index (κ1) is 18.8. The summed E-state index contributed by atoms with van der Waals surface area (Å²) in [6.45, 7) is 3.80. The molecular formula is C18H25F3N2O. The Bertz CT molecular complexity index is 551. The van der Waals surface area contributed by atoms with Gasteiger partial charge in [0.05, 0.1) is 5.56 Å². The second kappa shape index (κ2) is 8.01. The molecule has 1 amide bonds. The van der Waals surface area contributed by atoms with Gasteiger partial charge in [0.25, 0.3) is 0 Å². The van der Waals surface area contributed by atoms with Crippen LogP contribution in [-0.2, 0) is 11.0 Å². The summed E-state index contributed by atoms with van der Waals surface area (Å²) in [5, 5.41) is 0. The van der Waals surface area contributed by atoms with Gasteiger partial charge in [-0.05, 0) is 49.3 Å². The molecule has 1 aliphatic rings. The quantitative estimate of drug-likeness (QED) is 0.874. The number of rotatable bonds is 5. The van der Waals surface area contributed by atoms with E-state index in [4.69, 9.17) is 5.73 Å². The number of alkyl halides is 3. The van der Waals surface area contributed by atoms with Crippen molar-refractivity contribution in [1.82, 2.24) is 4.90 Å². The SMILES string of the molecule is CC1CCN(C(=O)CCC[C@H](N)c2cccc(C(F)(F)F)c2)CC1. The fourth-order valence-electron chi connectivity index (χ4n) is 3.00. The Morgan fingerprint density at radius 3 is 2.62 bits per heavy atom. The summed E-state index contributed by atoms with van der Waals surface area (Å²) in [7, 11) is 0. The van der Waals surface area contributed by atoms with Gasteiger partial charge in [-0.2, -0.15) is 13.2 Å². The molecule has 134 valence electrons. The Kier molecular flexibility index (Phi) is 6.27. The number of likely N-dealkylation sites (tertiary alicyclic amines) is 1. The number of nitrogens with two attached hydrogens (primary N) is 1. The van der Waals surface area contributed by atoms with Crippen molar-refractivity contribution < 1.29 is 18.0 Å². The van der Waals surface area contributed by atoms with E-state index in [2.05, 4.69) is 6.92 Å². The van der Waals surface area contributed by atoms with E-state index < -0.39 is 17.8 Å². The molecule has 0 aromatic heterocycles. The first-order valence-corrected chi connectivity index (χ1v) is 8.48. The molecule has 6 heteroatoms. The highest BCUT2D eigenvalue weighted by Gasteiger charge is 2.30. The maximum absolute atomic E-state index is 12.7. The van der Waals surface area contributed by atoms with E-state index in [0.717, 1.165) is 38.1 Å². The number of amides is 1. The zero-order chi connectivity index (χ0) is 17.7. The molecular weight excluding hydrogens is 317 g/mol. The molecule has 0 saturated carbocycles. The average molecular weight is 342 g/mol. The number of halogens is 3. The summed E-state index contributed by atoms with van der Waals surface area (Å²) >= 11 is 0. The predicted octanol–water partition coefficient (Wildman–Crippen LogP) is 4.13. The smallest absolute Gasteiger partial charge is 0.343 e. The van der Waals surface area contributed by atoms with Crippen molar-refractivity contribution in [3.8, 4) is 0 Å². The molecule has 2 N–H and O–H groups in total. The molecule has 0 aliphatic carbocycles. The topological polar surface area (TPSA) is 46.3 Å². The Morgan fingerprint density at radius 1 is 1.33 bits per heavy atom. The van der Waals surface area contributed by atoms with Gasteiger partial charge in [-0.1, -0.05) is 19.1 Å². The van der Waals surface area contributed by atoms with Crippen molar-refractivity contribution in [3.05, 3.63) is 35.4 Å². The summed E-state index contributed by atoms with van der Waals surface area (Å²) in [6.07, 6.45) is -0.803. The first-order chi connectivity index (χ1) is 11.3. The van der Waals surface area contributed by atoms with Crippen LogP contribution in [0.3, 0.4) is 0 Å². The van der Waals surface area contributed by atoms with Crippen molar-refractivity contribution in [1.29, 1.82) is 0 Å². The lowest BCUT2D eigenvalue weighted by Crippen LogP contribution is -2.37. The van der Waals surface area contributed by atoms with E-state index in [1.165, 1.54) is 6.07 Å². The lowest BCUT2D eigenvalue weighted by molar-refractivity contribution is -0.137. The third-order valence-electron chi connectivity index (χ3n) is 4.68. The van der Waals surface area contributed by atoms with Gasteiger partial charge in [0.1, 0.15) is 0 Å². The Morgan fingerprint density at radius 2 is 2.00 bits per heavy atom. The van der Waals surface area contributed by atoms with Crippen LogP contribution in [0, 0.1) is 5.92 Å². The summed E-state index contributed by atoms with van der Waals surface area (Å²) in [6, 6.07) is 4.63. The number of carbonyl (C=O) groups is 1. The van der Waals surface area contributed by atoms with Crippen LogP contribution in [0.4, 0.5) is 13.2 Å². The fourth-order valence-corrected chi connectivity index (χ4v) is 3.00. The normalized spacial score (nSPS) is 17.8. The van der Waals surface area contributed by atoms with Crippen LogP contribution < -0.4 is 5.73 Å². The molecule has 1 aromatic rings. The van der Waals surface area contributed by atoms with Crippen molar-refractivity contribution >= 4 is 5.91 Å². The number of piperidine rings is 1. The number of carbonyl (C=O) groups excluding carboxylic acids is 1. The maximum Gasteiger partial charge on any atom is 0.416 e. The Hall–Kier alpha value is -1.56. The third-order valence-corrected chi connectivity index (χ3v) is 4.68. The molecule has 1 aliphatic heterocycles. The number of hydrogen-bond donors (Lipinski definition) is 1. The lowest BCUT2D eigenvalue weighted by atomic mass is 9.97. The van der Waals surface area contributed by atoms with Gasteiger partial charge in [-0.3, -0.25) is 4.79 Å². The average Bonchev–Trinajstić information content (AvgIpc) is 2.54. The van der Waals surface area contributed by atoms with Crippen LogP contribution >= 0.6 is 0 Å². The molecule has 0 radical (unpaired) electrons. The summed E-state index contributed by atoms with van der Waals surface area (Å²) < 4.78 is 38.2. The van der Waals surface area contributed by atoms with Crippen molar-refractivity contribution in [3.63, 3.8) is 0 Å². The maximum atomic E-state index is 12.7. The third kappa shape index (κ3) is 5.23. The Labute approximate surface area is 141 Å². The summed E-state index contributed by atoms with van der Waals surface area (Å²) in [5.74, 6) is 0.793. The monoisotopic (exact) mass is 342 g/mol. The van der Waals surface area contributed by atoms with Crippen LogP contribution in [0.1, 0.15) is 56.2 Å². The highest BCUT2D eigenvalue weighted by Crippen LogP contribution is 2.31. The molecule has 1 atom stereocenters. The Balaban J connectivity index is 1.81. The predicted molar refractivity (Wildman–Crippen MR) is 87.2 cm³/mol.